The Labute approximate surface area is 99.4 Å². The molecular formula is C12H13ClN2O. The lowest BCUT2D eigenvalue weighted by atomic mass is 10.2. The Morgan fingerprint density at radius 1 is 1.25 bits per heavy atom. The van der Waals surface area contributed by atoms with E-state index in [2.05, 4.69) is 9.97 Å². The van der Waals surface area contributed by atoms with Crippen LogP contribution in [0.1, 0.15) is 18.3 Å². The second-order valence-corrected chi connectivity index (χ2v) is 4.03. The fraction of sp³-hybridized carbons (Fsp3) is 0.333. The van der Waals surface area contributed by atoms with Crippen LogP contribution in [-0.4, -0.2) is 16.6 Å². The predicted molar refractivity (Wildman–Crippen MR) is 65.2 cm³/mol. The molecule has 84 valence electrons. The fourth-order valence-corrected chi connectivity index (χ4v) is 1.89. The van der Waals surface area contributed by atoms with Crippen LogP contribution in [0.25, 0.3) is 11.0 Å². The van der Waals surface area contributed by atoms with Crippen LogP contribution < -0.4 is 4.74 Å². The van der Waals surface area contributed by atoms with E-state index in [0.29, 0.717) is 17.3 Å². The molecular weight excluding hydrogens is 224 g/mol. The maximum atomic E-state index is 6.15. The molecule has 0 N–H and O–H groups in total. The van der Waals surface area contributed by atoms with Crippen LogP contribution in [0.3, 0.4) is 0 Å². The highest BCUT2D eigenvalue weighted by molar-refractivity contribution is 6.35. The minimum Gasteiger partial charge on any atom is -0.492 e. The standard InChI is InChI=1S/C12H13ClN2O/c1-4-16-11-6-9-10(13)5-7(2)14-12(9)15-8(11)3/h5-6H,4H2,1-3H3. The van der Waals surface area contributed by atoms with Crippen molar-refractivity contribution < 1.29 is 4.74 Å². The maximum Gasteiger partial charge on any atom is 0.161 e. The Bertz CT molecular complexity index is 540. The van der Waals surface area contributed by atoms with Gasteiger partial charge in [0.15, 0.2) is 5.65 Å². The summed E-state index contributed by atoms with van der Waals surface area (Å²) in [4.78, 5) is 8.74. The summed E-state index contributed by atoms with van der Waals surface area (Å²) >= 11 is 6.15. The smallest absolute Gasteiger partial charge is 0.161 e. The first kappa shape index (κ1) is 11.1. The lowest BCUT2D eigenvalue weighted by Crippen LogP contribution is -1.98. The number of halogens is 1. The number of nitrogens with zero attached hydrogens (tertiary/aromatic N) is 2. The number of fused-ring (bicyclic) bond motifs is 1. The van der Waals surface area contributed by atoms with E-state index in [9.17, 15) is 0 Å². The maximum absolute atomic E-state index is 6.15. The van der Waals surface area contributed by atoms with Gasteiger partial charge in [0.1, 0.15) is 5.75 Å². The highest BCUT2D eigenvalue weighted by Crippen LogP contribution is 2.27. The van der Waals surface area contributed by atoms with Crippen LogP contribution in [0.5, 0.6) is 5.75 Å². The van der Waals surface area contributed by atoms with Crippen LogP contribution in [0.2, 0.25) is 5.02 Å². The number of pyridine rings is 2. The van der Waals surface area contributed by atoms with Gasteiger partial charge in [-0.3, -0.25) is 0 Å². The van der Waals surface area contributed by atoms with E-state index >= 15 is 0 Å². The van der Waals surface area contributed by atoms with E-state index in [1.807, 2.05) is 32.9 Å². The molecule has 0 unspecified atom stereocenters. The Hall–Kier alpha value is -1.35. The van der Waals surface area contributed by atoms with Crippen LogP contribution >= 0.6 is 11.6 Å². The van der Waals surface area contributed by atoms with Crippen LogP contribution in [-0.2, 0) is 0 Å². The van der Waals surface area contributed by atoms with E-state index in [1.54, 1.807) is 0 Å². The predicted octanol–water partition coefficient (Wildman–Crippen LogP) is 3.30. The lowest BCUT2D eigenvalue weighted by Gasteiger charge is -2.08. The van der Waals surface area contributed by atoms with E-state index in [-0.39, 0.29) is 0 Å². The van der Waals surface area contributed by atoms with Crippen LogP contribution in [0.4, 0.5) is 0 Å². The van der Waals surface area contributed by atoms with Crippen molar-refractivity contribution >= 4 is 22.6 Å². The highest BCUT2D eigenvalue weighted by atomic mass is 35.5. The number of ether oxygens (including phenoxy) is 1. The summed E-state index contributed by atoms with van der Waals surface area (Å²) in [6.45, 7) is 6.37. The second kappa shape index (κ2) is 4.26. The molecule has 0 atom stereocenters. The van der Waals surface area contributed by atoms with Gasteiger partial charge in [-0.25, -0.2) is 9.97 Å². The fourth-order valence-electron chi connectivity index (χ4n) is 1.60. The first-order valence-electron chi connectivity index (χ1n) is 5.19. The molecule has 0 aliphatic heterocycles. The zero-order valence-corrected chi connectivity index (χ0v) is 10.3. The molecule has 4 heteroatoms. The number of aromatic nitrogens is 2. The third-order valence-electron chi connectivity index (χ3n) is 2.32. The second-order valence-electron chi connectivity index (χ2n) is 3.62. The van der Waals surface area contributed by atoms with Gasteiger partial charge in [-0.05, 0) is 32.9 Å². The van der Waals surface area contributed by atoms with Gasteiger partial charge in [0, 0.05) is 11.1 Å². The molecule has 0 fully saturated rings. The van der Waals surface area contributed by atoms with Crippen LogP contribution in [0.15, 0.2) is 12.1 Å². The number of aryl methyl sites for hydroxylation is 2. The summed E-state index contributed by atoms with van der Waals surface area (Å²) in [5.74, 6) is 0.766. The van der Waals surface area contributed by atoms with Crippen molar-refractivity contribution in [3.63, 3.8) is 0 Å². The molecule has 0 aromatic carbocycles. The average Bonchev–Trinajstić information content (AvgIpc) is 2.20. The van der Waals surface area contributed by atoms with E-state index in [4.69, 9.17) is 16.3 Å². The molecule has 0 saturated heterocycles. The molecule has 0 saturated carbocycles. The third kappa shape index (κ3) is 1.95. The topological polar surface area (TPSA) is 35.0 Å². The number of hydrogen-bond donors (Lipinski definition) is 0. The van der Waals surface area contributed by atoms with Gasteiger partial charge in [-0.2, -0.15) is 0 Å². The van der Waals surface area contributed by atoms with Crippen molar-refractivity contribution in [2.75, 3.05) is 6.61 Å². The molecule has 16 heavy (non-hydrogen) atoms. The summed E-state index contributed by atoms with van der Waals surface area (Å²) in [5, 5.41) is 1.50. The largest absolute Gasteiger partial charge is 0.492 e. The Kier molecular flexibility index (Phi) is 2.97. The molecule has 0 spiro atoms. The van der Waals surface area contributed by atoms with Gasteiger partial charge < -0.3 is 4.74 Å². The van der Waals surface area contributed by atoms with Crippen molar-refractivity contribution in [3.8, 4) is 5.75 Å². The quantitative estimate of drug-likeness (QED) is 0.803. The van der Waals surface area contributed by atoms with Gasteiger partial charge in [0.25, 0.3) is 0 Å². The van der Waals surface area contributed by atoms with Gasteiger partial charge in [0.05, 0.1) is 17.3 Å². The summed E-state index contributed by atoms with van der Waals surface area (Å²) in [7, 11) is 0. The van der Waals surface area contributed by atoms with Crippen molar-refractivity contribution in [3.05, 3.63) is 28.5 Å². The van der Waals surface area contributed by atoms with E-state index in [0.717, 1.165) is 22.5 Å². The number of rotatable bonds is 2. The van der Waals surface area contributed by atoms with Gasteiger partial charge in [0.2, 0.25) is 0 Å². The molecule has 0 aliphatic rings. The molecule has 2 aromatic heterocycles. The van der Waals surface area contributed by atoms with Gasteiger partial charge in [-0.15, -0.1) is 0 Å². The summed E-state index contributed by atoms with van der Waals surface area (Å²) in [6, 6.07) is 3.73. The van der Waals surface area contributed by atoms with Crippen LogP contribution in [0, 0.1) is 13.8 Å². The molecule has 0 amide bonds. The number of hydrogen-bond acceptors (Lipinski definition) is 3. The Morgan fingerprint density at radius 2 is 2.00 bits per heavy atom. The molecule has 2 heterocycles. The molecule has 3 nitrogen and oxygen atoms in total. The molecule has 0 radical (unpaired) electrons. The Morgan fingerprint density at radius 3 is 2.69 bits per heavy atom. The summed E-state index contributed by atoms with van der Waals surface area (Å²) < 4.78 is 5.48. The average molecular weight is 237 g/mol. The first-order valence-corrected chi connectivity index (χ1v) is 5.57. The molecule has 2 aromatic rings. The molecule has 2 rings (SSSR count). The van der Waals surface area contributed by atoms with E-state index in [1.165, 1.54) is 0 Å². The van der Waals surface area contributed by atoms with Crippen molar-refractivity contribution in [1.82, 2.24) is 9.97 Å². The minimum absolute atomic E-state index is 0.616. The zero-order valence-electron chi connectivity index (χ0n) is 9.54. The van der Waals surface area contributed by atoms with Crippen molar-refractivity contribution in [2.24, 2.45) is 0 Å². The summed E-state index contributed by atoms with van der Waals surface area (Å²) in [6.07, 6.45) is 0. The molecule has 0 bridgehead atoms. The van der Waals surface area contributed by atoms with Crippen molar-refractivity contribution in [1.29, 1.82) is 0 Å². The zero-order chi connectivity index (χ0) is 11.7. The SMILES string of the molecule is CCOc1cc2c(Cl)cc(C)nc2nc1C. The first-order chi connectivity index (χ1) is 7.61. The summed E-state index contributed by atoms with van der Waals surface area (Å²) in [5.41, 5.74) is 2.38. The van der Waals surface area contributed by atoms with Crippen molar-refractivity contribution in [2.45, 2.75) is 20.8 Å². The third-order valence-corrected chi connectivity index (χ3v) is 2.63. The monoisotopic (exact) mass is 236 g/mol. The Balaban J connectivity index is 2.69. The molecule has 0 aliphatic carbocycles. The normalized spacial score (nSPS) is 10.8. The highest BCUT2D eigenvalue weighted by Gasteiger charge is 2.08. The minimum atomic E-state index is 0.616. The van der Waals surface area contributed by atoms with Gasteiger partial charge in [-0.1, -0.05) is 11.6 Å². The van der Waals surface area contributed by atoms with Gasteiger partial charge >= 0.3 is 0 Å². The van der Waals surface area contributed by atoms with E-state index < -0.39 is 0 Å². The lowest BCUT2D eigenvalue weighted by molar-refractivity contribution is 0.337.